The van der Waals surface area contributed by atoms with E-state index in [1.165, 1.54) is 0 Å². The lowest BCUT2D eigenvalue weighted by Crippen LogP contribution is -2.39. The number of carbonyl (C=O) groups excluding carboxylic acids is 2. The summed E-state index contributed by atoms with van der Waals surface area (Å²) in [6.07, 6.45) is 0.807. The van der Waals surface area contributed by atoms with Gasteiger partial charge in [0.2, 0.25) is 0 Å². The average Bonchev–Trinajstić information content (AvgIpc) is 2.71. The fourth-order valence-corrected chi connectivity index (χ4v) is 1.83. The lowest BCUT2D eigenvalue weighted by Gasteiger charge is -2.22. The molecule has 0 aliphatic carbocycles. The van der Waals surface area contributed by atoms with Gasteiger partial charge in [-0.2, -0.15) is 0 Å². The second-order valence-corrected chi connectivity index (χ2v) is 4.37. The predicted molar refractivity (Wildman–Crippen MR) is 62.4 cm³/mol. The van der Waals surface area contributed by atoms with Crippen LogP contribution in [0.5, 0.6) is 0 Å². The van der Waals surface area contributed by atoms with Gasteiger partial charge in [-0.05, 0) is 19.3 Å². The summed E-state index contributed by atoms with van der Waals surface area (Å²) in [7, 11) is 1.69. The van der Waals surface area contributed by atoms with Gasteiger partial charge in [-0.25, -0.2) is 0 Å². The number of amides is 1. The second kappa shape index (κ2) is 6.59. The molecule has 0 bridgehead atoms. The summed E-state index contributed by atoms with van der Waals surface area (Å²) in [6, 6.07) is 0. The zero-order chi connectivity index (χ0) is 12.8. The van der Waals surface area contributed by atoms with Crippen molar-refractivity contribution >= 4 is 11.9 Å². The van der Waals surface area contributed by atoms with Crippen LogP contribution in [0, 0.1) is 5.92 Å². The summed E-state index contributed by atoms with van der Waals surface area (Å²) in [5.41, 5.74) is 0. The minimum absolute atomic E-state index is 0.0423. The normalized spacial score (nSPS) is 23.5. The smallest absolute Gasteiger partial charge is 0.307 e. The van der Waals surface area contributed by atoms with Crippen LogP contribution < -0.4 is 0 Å². The van der Waals surface area contributed by atoms with Gasteiger partial charge in [-0.15, -0.1) is 0 Å². The van der Waals surface area contributed by atoms with Gasteiger partial charge in [-0.1, -0.05) is 6.92 Å². The summed E-state index contributed by atoms with van der Waals surface area (Å²) in [5.74, 6) is -0.0561. The van der Waals surface area contributed by atoms with Gasteiger partial charge in [0.05, 0.1) is 13.0 Å². The predicted octanol–water partition coefficient (Wildman–Crippen LogP) is 0.823. The minimum atomic E-state index is -0.345. The van der Waals surface area contributed by atoms with E-state index in [0.29, 0.717) is 19.8 Å². The van der Waals surface area contributed by atoms with Gasteiger partial charge in [-0.3, -0.25) is 9.59 Å². The van der Waals surface area contributed by atoms with Gasteiger partial charge in [0.1, 0.15) is 6.10 Å². The van der Waals surface area contributed by atoms with E-state index in [0.717, 1.165) is 6.42 Å². The van der Waals surface area contributed by atoms with E-state index in [4.69, 9.17) is 9.47 Å². The van der Waals surface area contributed by atoms with Crippen molar-refractivity contribution in [1.29, 1.82) is 0 Å². The van der Waals surface area contributed by atoms with Gasteiger partial charge in [0, 0.05) is 20.2 Å². The summed E-state index contributed by atoms with van der Waals surface area (Å²) in [6.45, 7) is 5.17. The molecule has 1 rings (SSSR count). The Morgan fingerprint density at radius 3 is 2.71 bits per heavy atom. The van der Waals surface area contributed by atoms with E-state index in [2.05, 4.69) is 0 Å². The Kier molecular flexibility index (Phi) is 5.41. The molecule has 1 saturated heterocycles. The number of carbonyl (C=O) groups is 2. The number of hydrogen-bond donors (Lipinski definition) is 0. The first-order chi connectivity index (χ1) is 8.06. The van der Waals surface area contributed by atoms with E-state index < -0.39 is 0 Å². The molecule has 0 aromatic rings. The fourth-order valence-electron chi connectivity index (χ4n) is 1.83. The van der Waals surface area contributed by atoms with Crippen molar-refractivity contribution in [3.05, 3.63) is 0 Å². The zero-order valence-corrected chi connectivity index (χ0v) is 10.8. The van der Waals surface area contributed by atoms with Crippen molar-refractivity contribution < 1.29 is 19.1 Å². The van der Waals surface area contributed by atoms with Crippen LogP contribution in [0.25, 0.3) is 0 Å². The third-order valence-corrected chi connectivity index (χ3v) is 2.96. The molecule has 0 spiro atoms. The summed E-state index contributed by atoms with van der Waals surface area (Å²) < 4.78 is 10.2. The van der Waals surface area contributed by atoms with Crippen molar-refractivity contribution in [3.63, 3.8) is 0 Å². The molecular weight excluding hydrogens is 222 g/mol. The molecular formula is C12H21NO4. The highest BCUT2D eigenvalue weighted by molar-refractivity contribution is 5.81. The largest absolute Gasteiger partial charge is 0.466 e. The van der Waals surface area contributed by atoms with Gasteiger partial charge in [0.25, 0.3) is 5.91 Å². The van der Waals surface area contributed by atoms with Gasteiger partial charge < -0.3 is 14.4 Å². The molecule has 1 aliphatic heterocycles. The Hall–Kier alpha value is -1.10. The standard InChI is InChI=1S/C12H21NO4/c1-4-16-10(14)5-7-13(3)12(15)11-9(2)6-8-17-11/h9,11H,4-8H2,1-3H3. The first-order valence-corrected chi connectivity index (χ1v) is 6.08. The lowest BCUT2D eigenvalue weighted by molar-refractivity contribution is -0.145. The third-order valence-electron chi connectivity index (χ3n) is 2.96. The molecule has 2 unspecified atom stereocenters. The zero-order valence-electron chi connectivity index (χ0n) is 10.8. The lowest BCUT2D eigenvalue weighted by atomic mass is 10.0. The Morgan fingerprint density at radius 1 is 1.47 bits per heavy atom. The molecule has 2 atom stereocenters. The van der Waals surface area contributed by atoms with Crippen LogP contribution in [-0.4, -0.2) is 49.7 Å². The van der Waals surface area contributed by atoms with Crippen molar-refractivity contribution in [1.82, 2.24) is 4.90 Å². The Morgan fingerprint density at radius 2 is 2.18 bits per heavy atom. The Bertz CT molecular complexity index is 280. The molecule has 1 heterocycles. The van der Waals surface area contributed by atoms with Crippen molar-refractivity contribution in [2.75, 3.05) is 26.8 Å². The average molecular weight is 243 g/mol. The first kappa shape index (κ1) is 14.0. The van der Waals surface area contributed by atoms with Gasteiger partial charge >= 0.3 is 5.97 Å². The first-order valence-electron chi connectivity index (χ1n) is 6.08. The highest BCUT2D eigenvalue weighted by Gasteiger charge is 2.32. The van der Waals surface area contributed by atoms with E-state index >= 15 is 0 Å². The molecule has 1 fully saturated rings. The molecule has 0 saturated carbocycles. The van der Waals surface area contributed by atoms with Crippen LogP contribution >= 0.6 is 0 Å². The number of rotatable bonds is 5. The molecule has 1 amide bonds. The molecule has 5 nitrogen and oxygen atoms in total. The monoisotopic (exact) mass is 243 g/mol. The van der Waals surface area contributed by atoms with Crippen molar-refractivity contribution in [3.8, 4) is 0 Å². The number of hydrogen-bond acceptors (Lipinski definition) is 4. The highest BCUT2D eigenvalue weighted by atomic mass is 16.5. The van der Waals surface area contributed by atoms with Crippen LogP contribution in [0.3, 0.4) is 0 Å². The highest BCUT2D eigenvalue weighted by Crippen LogP contribution is 2.21. The Balaban J connectivity index is 2.34. The summed E-state index contributed by atoms with van der Waals surface area (Å²) >= 11 is 0. The van der Waals surface area contributed by atoms with Crippen molar-refractivity contribution in [2.45, 2.75) is 32.8 Å². The Labute approximate surface area is 102 Å². The molecule has 5 heteroatoms. The fraction of sp³-hybridized carbons (Fsp3) is 0.833. The quantitative estimate of drug-likeness (QED) is 0.671. The molecule has 0 aromatic carbocycles. The summed E-state index contributed by atoms with van der Waals surface area (Å²) in [5, 5.41) is 0. The molecule has 0 aromatic heterocycles. The van der Waals surface area contributed by atoms with Crippen LogP contribution in [0.1, 0.15) is 26.7 Å². The molecule has 0 radical (unpaired) electrons. The molecule has 0 N–H and O–H groups in total. The van der Waals surface area contributed by atoms with Crippen LogP contribution in [0.15, 0.2) is 0 Å². The number of likely N-dealkylation sites (N-methyl/N-ethyl adjacent to an activating group) is 1. The maximum Gasteiger partial charge on any atom is 0.307 e. The van der Waals surface area contributed by atoms with E-state index in [1.54, 1.807) is 18.9 Å². The maximum absolute atomic E-state index is 12.0. The minimum Gasteiger partial charge on any atom is -0.466 e. The van der Waals surface area contributed by atoms with E-state index in [-0.39, 0.29) is 30.3 Å². The van der Waals surface area contributed by atoms with Crippen LogP contribution in [-0.2, 0) is 19.1 Å². The second-order valence-electron chi connectivity index (χ2n) is 4.37. The topological polar surface area (TPSA) is 55.8 Å². The van der Waals surface area contributed by atoms with E-state index in [9.17, 15) is 9.59 Å². The number of esters is 1. The molecule has 1 aliphatic rings. The number of ether oxygens (including phenoxy) is 2. The molecule has 17 heavy (non-hydrogen) atoms. The third kappa shape index (κ3) is 4.00. The van der Waals surface area contributed by atoms with E-state index in [1.807, 2.05) is 6.92 Å². The summed E-state index contributed by atoms with van der Waals surface area (Å²) in [4.78, 5) is 24.7. The van der Waals surface area contributed by atoms with Crippen LogP contribution in [0.4, 0.5) is 0 Å². The number of nitrogens with zero attached hydrogens (tertiary/aromatic N) is 1. The van der Waals surface area contributed by atoms with Crippen molar-refractivity contribution in [2.24, 2.45) is 5.92 Å². The maximum atomic E-state index is 12.0. The SMILES string of the molecule is CCOC(=O)CCN(C)C(=O)C1OCCC1C. The van der Waals surface area contributed by atoms with Crippen LogP contribution in [0.2, 0.25) is 0 Å². The van der Waals surface area contributed by atoms with Gasteiger partial charge in [0.15, 0.2) is 0 Å². The molecule has 98 valence electrons.